The first kappa shape index (κ1) is 17.5. The van der Waals surface area contributed by atoms with E-state index in [0.29, 0.717) is 6.61 Å². The summed E-state index contributed by atoms with van der Waals surface area (Å²) in [5, 5.41) is 8.64. The van der Waals surface area contributed by atoms with Crippen molar-refractivity contribution in [3.8, 4) is 17.6 Å². The molecule has 0 unspecified atom stereocenters. The van der Waals surface area contributed by atoms with E-state index in [9.17, 15) is 0 Å². The molecule has 0 heterocycles. The lowest BCUT2D eigenvalue weighted by molar-refractivity contribution is 0.108. The topological polar surface area (TPSA) is 41.9 Å². The summed E-state index contributed by atoms with van der Waals surface area (Å²) >= 11 is 0. The van der Waals surface area contributed by atoms with Crippen molar-refractivity contribution in [1.82, 2.24) is 4.90 Å². The van der Waals surface area contributed by atoms with Crippen LogP contribution in [-0.4, -0.2) is 56.1 Å². The van der Waals surface area contributed by atoms with Gasteiger partial charge in [-0.25, -0.2) is 0 Å². The second kappa shape index (κ2) is 11.2. The summed E-state index contributed by atoms with van der Waals surface area (Å²) in [5.74, 6) is 6.31. The average Bonchev–Trinajstić information content (AvgIpc) is 2.52. The highest BCUT2D eigenvalue weighted by Gasteiger charge is 2.02. The van der Waals surface area contributed by atoms with Crippen molar-refractivity contribution in [1.29, 1.82) is 0 Å². The van der Waals surface area contributed by atoms with Gasteiger partial charge in [0.1, 0.15) is 19.0 Å². The van der Waals surface area contributed by atoms with E-state index in [2.05, 4.69) is 23.7 Å². The van der Waals surface area contributed by atoms with Gasteiger partial charge in [0.15, 0.2) is 0 Å². The van der Waals surface area contributed by atoms with E-state index in [4.69, 9.17) is 14.6 Å². The number of ether oxygens (including phenoxy) is 2. The lowest BCUT2D eigenvalue weighted by Gasteiger charge is -2.20. The van der Waals surface area contributed by atoms with E-state index in [1.54, 1.807) is 0 Å². The molecule has 1 aromatic rings. The SMILES string of the molecule is CCOCCN(CC)CCOc1ccc(C#CCO)cc1. The fraction of sp³-hybridized carbons (Fsp3) is 0.529. The quantitative estimate of drug-likeness (QED) is 0.556. The molecule has 1 rings (SSSR count). The highest BCUT2D eigenvalue weighted by molar-refractivity contribution is 5.38. The molecular formula is C17H25NO3. The normalized spacial score (nSPS) is 10.3. The van der Waals surface area contributed by atoms with E-state index < -0.39 is 0 Å². The molecule has 0 radical (unpaired) electrons. The second-order valence-corrected chi connectivity index (χ2v) is 4.46. The molecule has 21 heavy (non-hydrogen) atoms. The van der Waals surface area contributed by atoms with Crippen LogP contribution >= 0.6 is 0 Å². The molecular weight excluding hydrogens is 266 g/mol. The van der Waals surface area contributed by atoms with Crippen molar-refractivity contribution in [2.75, 3.05) is 46.1 Å². The van der Waals surface area contributed by atoms with Crippen molar-refractivity contribution in [2.45, 2.75) is 13.8 Å². The summed E-state index contributed by atoms with van der Waals surface area (Å²) < 4.78 is 11.1. The Bertz CT molecular complexity index is 434. The standard InChI is InChI=1S/C17H25NO3/c1-3-18(11-14-20-4-2)12-15-21-17-9-7-16(8-10-17)6-5-13-19/h7-10,19H,3-4,11-15H2,1-2H3. The third kappa shape index (κ3) is 7.72. The van der Waals surface area contributed by atoms with Crippen molar-refractivity contribution in [3.05, 3.63) is 29.8 Å². The Labute approximate surface area is 127 Å². The molecule has 0 spiro atoms. The first-order valence-corrected chi connectivity index (χ1v) is 7.42. The minimum atomic E-state index is -0.118. The molecule has 1 aromatic carbocycles. The van der Waals surface area contributed by atoms with Crippen LogP contribution in [0.1, 0.15) is 19.4 Å². The van der Waals surface area contributed by atoms with Crippen LogP contribution < -0.4 is 4.74 Å². The molecule has 116 valence electrons. The van der Waals surface area contributed by atoms with Gasteiger partial charge < -0.3 is 14.6 Å². The van der Waals surface area contributed by atoms with Gasteiger partial charge in [-0.2, -0.15) is 0 Å². The summed E-state index contributed by atoms with van der Waals surface area (Å²) in [4.78, 5) is 2.30. The van der Waals surface area contributed by atoms with Gasteiger partial charge in [0.2, 0.25) is 0 Å². The Kier molecular flexibility index (Phi) is 9.30. The fourth-order valence-electron chi connectivity index (χ4n) is 1.83. The van der Waals surface area contributed by atoms with Gasteiger partial charge >= 0.3 is 0 Å². The molecule has 4 nitrogen and oxygen atoms in total. The molecule has 0 aliphatic carbocycles. The number of benzene rings is 1. The highest BCUT2D eigenvalue weighted by atomic mass is 16.5. The van der Waals surface area contributed by atoms with Crippen molar-refractivity contribution in [3.63, 3.8) is 0 Å². The Balaban J connectivity index is 2.30. The molecule has 0 aliphatic rings. The molecule has 0 atom stereocenters. The van der Waals surface area contributed by atoms with Crippen molar-refractivity contribution in [2.24, 2.45) is 0 Å². The summed E-state index contributed by atoms with van der Waals surface area (Å²) in [7, 11) is 0. The maximum Gasteiger partial charge on any atom is 0.119 e. The van der Waals surface area contributed by atoms with Gasteiger partial charge in [0.25, 0.3) is 0 Å². The number of hydrogen-bond acceptors (Lipinski definition) is 4. The van der Waals surface area contributed by atoms with Crippen LogP contribution in [0.15, 0.2) is 24.3 Å². The molecule has 0 fully saturated rings. The minimum Gasteiger partial charge on any atom is -0.492 e. The summed E-state index contributed by atoms with van der Waals surface area (Å²) in [5.41, 5.74) is 0.878. The Morgan fingerprint density at radius 3 is 2.43 bits per heavy atom. The zero-order valence-electron chi connectivity index (χ0n) is 13.0. The number of rotatable bonds is 9. The fourth-order valence-corrected chi connectivity index (χ4v) is 1.83. The van der Waals surface area contributed by atoms with Gasteiger partial charge in [-0.15, -0.1) is 0 Å². The van der Waals surface area contributed by atoms with E-state index in [1.165, 1.54) is 0 Å². The zero-order chi connectivity index (χ0) is 15.3. The lowest BCUT2D eigenvalue weighted by Crippen LogP contribution is -2.31. The second-order valence-electron chi connectivity index (χ2n) is 4.46. The maximum absolute atomic E-state index is 8.64. The first-order valence-electron chi connectivity index (χ1n) is 7.42. The predicted octanol–water partition coefficient (Wildman–Crippen LogP) is 1.77. The van der Waals surface area contributed by atoms with Gasteiger partial charge in [0, 0.05) is 25.3 Å². The van der Waals surface area contributed by atoms with E-state index >= 15 is 0 Å². The zero-order valence-corrected chi connectivity index (χ0v) is 13.0. The molecule has 0 bridgehead atoms. The van der Waals surface area contributed by atoms with Crippen molar-refractivity contribution >= 4 is 0 Å². The van der Waals surface area contributed by atoms with Gasteiger partial charge in [-0.05, 0) is 37.7 Å². The molecule has 0 aliphatic heterocycles. The van der Waals surface area contributed by atoms with E-state index in [0.717, 1.165) is 44.2 Å². The van der Waals surface area contributed by atoms with E-state index in [1.807, 2.05) is 31.2 Å². The largest absolute Gasteiger partial charge is 0.492 e. The van der Waals surface area contributed by atoms with Gasteiger partial charge in [-0.1, -0.05) is 18.8 Å². The Morgan fingerprint density at radius 1 is 1.10 bits per heavy atom. The van der Waals surface area contributed by atoms with E-state index in [-0.39, 0.29) is 6.61 Å². The van der Waals surface area contributed by atoms with Crippen LogP contribution in [0.25, 0.3) is 0 Å². The van der Waals surface area contributed by atoms with Crippen LogP contribution in [0.5, 0.6) is 5.75 Å². The van der Waals surface area contributed by atoms with Crippen LogP contribution in [0.3, 0.4) is 0 Å². The van der Waals surface area contributed by atoms with Crippen LogP contribution in [-0.2, 0) is 4.74 Å². The summed E-state index contributed by atoms with van der Waals surface area (Å²) in [6.45, 7) is 9.02. The van der Waals surface area contributed by atoms with Gasteiger partial charge in [0.05, 0.1) is 6.61 Å². The number of likely N-dealkylation sites (N-methyl/N-ethyl adjacent to an activating group) is 1. The third-order valence-corrected chi connectivity index (χ3v) is 3.05. The van der Waals surface area contributed by atoms with Gasteiger partial charge in [-0.3, -0.25) is 4.90 Å². The maximum atomic E-state index is 8.64. The Morgan fingerprint density at radius 2 is 1.81 bits per heavy atom. The van der Waals surface area contributed by atoms with Crippen LogP contribution in [0, 0.1) is 11.8 Å². The first-order chi connectivity index (χ1) is 10.3. The smallest absolute Gasteiger partial charge is 0.119 e. The molecule has 0 aromatic heterocycles. The average molecular weight is 291 g/mol. The number of aliphatic hydroxyl groups is 1. The lowest BCUT2D eigenvalue weighted by atomic mass is 10.2. The van der Waals surface area contributed by atoms with Crippen molar-refractivity contribution < 1.29 is 14.6 Å². The van der Waals surface area contributed by atoms with Crippen LogP contribution in [0.4, 0.5) is 0 Å². The monoisotopic (exact) mass is 291 g/mol. The van der Waals surface area contributed by atoms with Crippen LogP contribution in [0.2, 0.25) is 0 Å². The minimum absolute atomic E-state index is 0.118. The highest BCUT2D eigenvalue weighted by Crippen LogP contribution is 2.11. The number of aliphatic hydroxyl groups excluding tert-OH is 1. The summed E-state index contributed by atoms with van der Waals surface area (Å²) in [6.07, 6.45) is 0. The summed E-state index contributed by atoms with van der Waals surface area (Å²) in [6, 6.07) is 7.59. The molecule has 0 saturated carbocycles. The Hall–Kier alpha value is -1.54. The number of hydrogen-bond donors (Lipinski definition) is 1. The molecule has 0 saturated heterocycles. The molecule has 0 amide bonds. The predicted molar refractivity (Wildman–Crippen MR) is 84.5 cm³/mol. The number of nitrogens with zero attached hydrogens (tertiary/aromatic N) is 1. The molecule has 1 N–H and O–H groups in total. The molecule has 4 heteroatoms. The third-order valence-electron chi connectivity index (χ3n) is 3.05.